The first kappa shape index (κ1) is 52.0. The van der Waals surface area contributed by atoms with E-state index in [2.05, 4.69) is 44.1 Å². The number of hydrogen-bond donors (Lipinski definition) is 0. The number of carbonyl (C=O) groups excluding carboxylic acids is 8. The number of cyclic esters (lactones) is 4. The van der Waals surface area contributed by atoms with Gasteiger partial charge in [-0.05, 0) is 124 Å². The monoisotopic (exact) mass is 1030 g/mol. The van der Waals surface area contributed by atoms with E-state index in [1.54, 1.807) is 6.92 Å². The summed E-state index contributed by atoms with van der Waals surface area (Å²) < 4.78 is 46.4. The van der Waals surface area contributed by atoms with Crippen molar-refractivity contribution in [2.24, 2.45) is 112 Å². The summed E-state index contributed by atoms with van der Waals surface area (Å²) in [5.41, 5.74) is 0.419. The maximum absolute atomic E-state index is 11.6. The summed E-state index contributed by atoms with van der Waals surface area (Å²) in [6, 6.07) is 0. The van der Waals surface area contributed by atoms with Crippen LogP contribution in [0.25, 0.3) is 0 Å². The number of rotatable bonds is 0. The Balaban J connectivity index is 0.0000000935. The number of carbonyl (C=O) groups is 8. The first-order valence-corrected chi connectivity index (χ1v) is 28.4. The fourth-order valence-corrected chi connectivity index (χ4v) is 17.4. The van der Waals surface area contributed by atoms with Gasteiger partial charge in [-0.25, -0.2) is 4.79 Å². The van der Waals surface area contributed by atoms with Crippen molar-refractivity contribution in [3.8, 4) is 0 Å². The molecule has 0 aromatic carbocycles. The second-order valence-corrected chi connectivity index (χ2v) is 26.1. The van der Waals surface area contributed by atoms with Crippen LogP contribution in [-0.2, 0) is 81.0 Å². The predicted molar refractivity (Wildman–Crippen MR) is 256 cm³/mol. The Bertz CT molecular complexity index is 2170. The summed E-state index contributed by atoms with van der Waals surface area (Å²) in [6.07, 6.45) is 15.0. The highest BCUT2D eigenvalue weighted by atomic mass is 16.6. The van der Waals surface area contributed by atoms with Gasteiger partial charge in [0, 0.05) is 23.7 Å². The number of ether oxygens (including phenoxy) is 9. The van der Waals surface area contributed by atoms with Crippen LogP contribution in [0.1, 0.15) is 126 Å². The van der Waals surface area contributed by atoms with Crippen molar-refractivity contribution in [2.45, 2.75) is 168 Å². The normalized spacial score (nSPS) is 50.8. The van der Waals surface area contributed by atoms with Crippen molar-refractivity contribution in [1.82, 2.24) is 0 Å². The third-order valence-electron chi connectivity index (χ3n) is 21.1. The van der Waals surface area contributed by atoms with Crippen LogP contribution in [0.5, 0.6) is 0 Å². The van der Waals surface area contributed by atoms with Crippen molar-refractivity contribution in [1.29, 1.82) is 0 Å². The molecule has 12 aliphatic heterocycles. The quantitative estimate of drug-likeness (QED) is 0.154. The lowest BCUT2D eigenvalue weighted by Crippen LogP contribution is -2.37. The standard InChI is InChI=1S/C11H16O2.C10H14O2.C9H12O3.C9H12O2.C8H10O3.C5H6O3.C5H8O2/c1-11-4-7-2-8(5-11)10(12)13-9(3-7)6-11;1-5-2-6-3-7(5)8-4-12-10(11)9(6)8;1-4-2-6-7-5(8(4)12-6)3-11-9(7)10;1-4-5-2-6-7(3-5)9(10)11-8(4)6;1-3-5-2-4-7(10-5)6(3)11-8(4)9;1-3-2-8-5(7)4(3)6;1-4-2-3-7-5(4)6/h7-9H,2-6H2,1H3;5-9H,2-4H2,1H3;4-8H,2-3H2,1H3;4-8H,2-3H2,1H3;3-7H,2H2,1H3;3H,2H2,1H3;4H,2-3H2,1H3. The predicted octanol–water partition coefficient (Wildman–Crippen LogP) is 6.02. The molecule has 26 atom stereocenters. The van der Waals surface area contributed by atoms with E-state index in [-0.39, 0.29) is 96.4 Å². The van der Waals surface area contributed by atoms with Crippen molar-refractivity contribution in [2.75, 3.05) is 26.4 Å². The summed E-state index contributed by atoms with van der Waals surface area (Å²) in [5.74, 6) is 7.10. The number of fused-ring (bicyclic) bond motifs is 13. The third-order valence-corrected chi connectivity index (χ3v) is 21.1. The van der Waals surface area contributed by atoms with Gasteiger partial charge < -0.3 is 42.6 Å². The molecule has 18 aliphatic rings. The van der Waals surface area contributed by atoms with E-state index in [0.717, 1.165) is 81.6 Å². The molecule has 12 saturated heterocycles. The van der Waals surface area contributed by atoms with Gasteiger partial charge in [0.25, 0.3) is 0 Å². The lowest BCUT2D eigenvalue weighted by molar-refractivity contribution is -0.151. The fourth-order valence-electron chi connectivity index (χ4n) is 17.4. The van der Waals surface area contributed by atoms with E-state index in [4.69, 9.17) is 33.2 Å². The number of Topliss-reactive ketones (excluding diaryl/α,β-unsaturated/α-hetero) is 1. The molecule has 26 unspecified atom stereocenters. The van der Waals surface area contributed by atoms with Gasteiger partial charge >= 0.3 is 41.8 Å². The molecule has 17 nitrogen and oxygen atoms in total. The van der Waals surface area contributed by atoms with Gasteiger partial charge in [0.2, 0.25) is 5.78 Å². The van der Waals surface area contributed by atoms with E-state index in [9.17, 15) is 38.4 Å². The molecule has 12 heterocycles. The van der Waals surface area contributed by atoms with Crippen molar-refractivity contribution in [3.63, 3.8) is 0 Å². The molecule has 0 aromatic rings. The van der Waals surface area contributed by atoms with Crippen LogP contribution in [0, 0.1) is 112 Å². The van der Waals surface area contributed by atoms with Gasteiger partial charge in [0.05, 0.1) is 79.6 Å². The van der Waals surface area contributed by atoms with Crippen molar-refractivity contribution >= 4 is 47.6 Å². The average molecular weight is 1040 g/mol. The minimum absolute atomic E-state index is 0.0283. The maximum atomic E-state index is 11.6. The van der Waals surface area contributed by atoms with Gasteiger partial charge in [-0.2, -0.15) is 0 Å². The lowest BCUT2D eigenvalue weighted by atomic mass is 9.60. The van der Waals surface area contributed by atoms with Gasteiger partial charge in [-0.3, -0.25) is 33.6 Å². The van der Waals surface area contributed by atoms with E-state index in [1.165, 1.54) is 25.7 Å². The van der Waals surface area contributed by atoms with Crippen LogP contribution >= 0.6 is 0 Å². The summed E-state index contributed by atoms with van der Waals surface area (Å²) in [7, 11) is 0. The Hall–Kier alpha value is -4.12. The van der Waals surface area contributed by atoms with E-state index in [1.807, 2.05) is 6.92 Å². The van der Waals surface area contributed by atoms with Gasteiger partial charge in [-0.15, -0.1) is 0 Å². The molecule has 0 aromatic heterocycles. The largest absolute Gasteiger partial charge is 0.465 e. The zero-order chi connectivity index (χ0) is 52.2. The number of hydrogen-bond acceptors (Lipinski definition) is 17. The van der Waals surface area contributed by atoms with Crippen molar-refractivity contribution < 1.29 is 81.0 Å². The molecule has 17 heteroatoms. The summed E-state index contributed by atoms with van der Waals surface area (Å²) in [5, 5.41) is 0. The minimum Gasteiger partial charge on any atom is -0.465 e. The Morgan fingerprint density at radius 2 is 1.16 bits per heavy atom. The van der Waals surface area contributed by atoms with Gasteiger partial charge in [0.1, 0.15) is 31.0 Å². The van der Waals surface area contributed by atoms with Crippen LogP contribution in [0.3, 0.4) is 0 Å². The fraction of sp³-hybridized carbons (Fsp3) is 0.860. The first-order chi connectivity index (χ1) is 35.2. The zero-order valence-corrected chi connectivity index (χ0v) is 44.2. The van der Waals surface area contributed by atoms with E-state index in [0.29, 0.717) is 90.2 Å². The third kappa shape index (κ3) is 9.38. The number of ketones is 1. The molecule has 74 heavy (non-hydrogen) atoms. The molecule has 0 amide bonds. The summed E-state index contributed by atoms with van der Waals surface area (Å²) in [6.45, 7) is 16.9. The van der Waals surface area contributed by atoms with E-state index < -0.39 is 11.8 Å². The lowest BCUT2D eigenvalue weighted by Gasteiger charge is -2.44. The molecule has 0 spiro atoms. The van der Waals surface area contributed by atoms with Gasteiger partial charge in [0.15, 0.2) is 0 Å². The molecule has 6 saturated carbocycles. The van der Waals surface area contributed by atoms with Gasteiger partial charge in [-0.1, -0.05) is 48.5 Å². The first-order valence-electron chi connectivity index (χ1n) is 28.4. The Kier molecular flexibility index (Phi) is 14.1. The van der Waals surface area contributed by atoms with Crippen LogP contribution in [-0.4, -0.2) is 117 Å². The highest BCUT2D eigenvalue weighted by Gasteiger charge is 2.63. The molecule has 18 fully saturated rings. The molecule has 6 aliphatic carbocycles. The molecule has 18 rings (SSSR count). The minimum atomic E-state index is -0.683. The summed E-state index contributed by atoms with van der Waals surface area (Å²) >= 11 is 0. The Labute approximate surface area is 433 Å². The Morgan fingerprint density at radius 1 is 0.459 bits per heavy atom. The maximum Gasteiger partial charge on any atom is 0.375 e. The number of esters is 7. The SMILES string of the molecule is CC12CC3CC(C1)OC(=O)C(C3)C2.CC1C2CC3C(=O)OC1C3C2.CC1C2CC3C(=O)OC1C3O2.CC1CC2CC1C1COC(=O)C21.CC1CC2OC1C1COC(=O)C21.CC1CCOC1=O.CC1COC(=O)C1=O. The smallest absolute Gasteiger partial charge is 0.375 e. The highest BCUT2D eigenvalue weighted by molar-refractivity contribution is 6.35. The topological polar surface area (TPSA) is 220 Å². The summed E-state index contributed by atoms with van der Waals surface area (Å²) in [4.78, 5) is 87.5. The Morgan fingerprint density at radius 3 is 1.77 bits per heavy atom. The molecule has 0 N–H and O–H groups in total. The van der Waals surface area contributed by atoms with Crippen LogP contribution < -0.4 is 0 Å². The van der Waals surface area contributed by atoms with Crippen LogP contribution in [0.2, 0.25) is 0 Å². The van der Waals surface area contributed by atoms with Crippen molar-refractivity contribution in [3.05, 3.63) is 0 Å². The second-order valence-electron chi connectivity index (χ2n) is 26.1. The zero-order valence-electron chi connectivity index (χ0n) is 44.2. The average Bonchev–Trinajstić information content (AvgIpc) is 4.19. The molecular weight excluding hydrogens is 957 g/mol. The van der Waals surface area contributed by atoms with E-state index >= 15 is 0 Å². The second kappa shape index (κ2) is 20.0. The molecule has 408 valence electrons. The molecule has 0 radical (unpaired) electrons. The molecular formula is C57H78O17. The van der Waals surface area contributed by atoms with Crippen LogP contribution in [0.15, 0.2) is 0 Å². The molecule has 12 bridgehead atoms. The highest BCUT2D eigenvalue weighted by Crippen LogP contribution is 2.59. The van der Waals surface area contributed by atoms with Crippen LogP contribution in [0.4, 0.5) is 0 Å².